The Morgan fingerprint density at radius 1 is 1.40 bits per heavy atom. The Hall–Kier alpha value is 0.0969. The Labute approximate surface area is 64.1 Å². The van der Waals surface area contributed by atoms with E-state index in [4.69, 9.17) is 14.2 Å². The second kappa shape index (κ2) is 4.84. The van der Waals surface area contributed by atoms with E-state index >= 15 is 0 Å². The molecule has 1 aliphatic rings. The molecule has 0 radical (unpaired) electrons. The number of hydrogen-bond donors (Lipinski definition) is 0. The van der Waals surface area contributed by atoms with Crippen LogP contribution in [-0.4, -0.2) is 49.0 Å². The molecule has 0 aromatic rings. The summed E-state index contributed by atoms with van der Waals surface area (Å²) in [5.41, 5.74) is 0. The van der Waals surface area contributed by atoms with Gasteiger partial charge in [0.05, 0.1) is 26.4 Å². The van der Waals surface area contributed by atoms with E-state index in [1.54, 1.807) is 0 Å². The van der Waals surface area contributed by atoms with Gasteiger partial charge in [-0.15, -0.1) is 0 Å². The van der Waals surface area contributed by atoms with Crippen LogP contribution in [0.25, 0.3) is 0 Å². The minimum absolute atomic E-state index is 0.385. The highest BCUT2D eigenvalue weighted by Gasteiger charge is 2.21. The highest BCUT2D eigenvalue weighted by Crippen LogP contribution is 2.07. The van der Waals surface area contributed by atoms with E-state index in [1.165, 1.54) is 0 Å². The van der Waals surface area contributed by atoms with Crippen LogP contribution in [0.15, 0.2) is 0 Å². The fourth-order valence-electron chi connectivity index (χ4n) is 0.641. The third kappa shape index (κ3) is 4.00. The lowest BCUT2D eigenvalue weighted by molar-refractivity contribution is 0.0565. The predicted octanol–water partition coefficient (Wildman–Crippen LogP) is -1.26. The van der Waals surface area contributed by atoms with Gasteiger partial charge in [-0.1, -0.05) is 0 Å². The Bertz CT molecular complexity index is 85.1. The molecule has 4 heteroatoms. The van der Waals surface area contributed by atoms with Crippen LogP contribution in [0.5, 0.6) is 0 Å². The molecular formula is C6H14O3Si. The van der Waals surface area contributed by atoms with Gasteiger partial charge >= 0.3 is 0 Å². The minimum Gasteiger partial charge on any atom is -0.383 e. The summed E-state index contributed by atoms with van der Waals surface area (Å²) in [7, 11) is 1.11. The van der Waals surface area contributed by atoms with Crippen molar-refractivity contribution in [2.75, 3.05) is 32.7 Å². The van der Waals surface area contributed by atoms with Gasteiger partial charge in [0.25, 0.3) is 0 Å². The van der Waals surface area contributed by atoms with Crippen molar-refractivity contribution in [3.05, 3.63) is 0 Å². The van der Waals surface area contributed by atoms with Gasteiger partial charge in [-0.3, -0.25) is 0 Å². The molecule has 0 spiro atoms. The van der Waals surface area contributed by atoms with Crippen LogP contribution >= 0.6 is 0 Å². The summed E-state index contributed by atoms with van der Waals surface area (Å²) in [5, 5.41) is 0. The molecule has 1 unspecified atom stereocenters. The summed E-state index contributed by atoms with van der Waals surface area (Å²) in [6.45, 7) is 3.06. The van der Waals surface area contributed by atoms with Gasteiger partial charge in [-0.05, 0) is 0 Å². The van der Waals surface area contributed by atoms with Crippen LogP contribution in [-0.2, 0) is 14.2 Å². The number of epoxide rings is 1. The largest absolute Gasteiger partial charge is 0.383 e. The van der Waals surface area contributed by atoms with Crippen molar-refractivity contribution < 1.29 is 14.2 Å². The maximum atomic E-state index is 5.23. The molecule has 1 rings (SSSR count). The Balaban J connectivity index is 1.68. The van der Waals surface area contributed by atoms with Gasteiger partial charge < -0.3 is 14.2 Å². The van der Waals surface area contributed by atoms with Gasteiger partial charge in [-0.25, -0.2) is 0 Å². The molecule has 0 aromatic carbocycles. The molecule has 1 aliphatic heterocycles. The maximum Gasteiger partial charge on any atom is 0.104 e. The summed E-state index contributed by atoms with van der Waals surface area (Å²) in [6.07, 6.45) is 1.29. The third-order valence-corrected chi connectivity index (χ3v) is 1.69. The molecule has 1 heterocycles. The van der Waals surface area contributed by atoms with Crippen molar-refractivity contribution >= 4 is 10.2 Å². The second-order valence-electron chi connectivity index (χ2n) is 2.23. The lowest BCUT2D eigenvalue weighted by Gasteiger charge is -2.00. The minimum atomic E-state index is 0.385. The van der Waals surface area contributed by atoms with E-state index in [1.807, 2.05) is 0 Å². The molecule has 0 saturated carbocycles. The van der Waals surface area contributed by atoms with Crippen molar-refractivity contribution in [2.45, 2.75) is 6.10 Å². The highest BCUT2D eigenvalue weighted by molar-refractivity contribution is 6.08. The standard InChI is InChI=1S/C6H14O3Si/c10-5-8-2-1-7-3-6-4-9-6/h6H,1-5H2,10H3. The summed E-state index contributed by atoms with van der Waals surface area (Å²) in [4.78, 5) is 0. The number of hydrogen-bond acceptors (Lipinski definition) is 3. The summed E-state index contributed by atoms with van der Waals surface area (Å²) in [6, 6.07) is 0. The Morgan fingerprint density at radius 2 is 2.10 bits per heavy atom. The Kier molecular flexibility index (Phi) is 3.97. The predicted molar refractivity (Wildman–Crippen MR) is 41.3 cm³/mol. The van der Waals surface area contributed by atoms with Gasteiger partial charge in [0.1, 0.15) is 6.10 Å². The molecule has 1 saturated heterocycles. The molecule has 10 heavy (non-hydrogen) atoms. The zero-order valence-corrected chi connectivity index (χ0v) is 8.34. The molecule has 0 amide bonds. The molecule has 1 atom stereocenters. The van der Waals surface area contributed by atoms with E-state index in [0.29, 0.717) is 12.7 Å². The van der Waals surface area contributed by atoms with Crippen LogP contribution in [0.1, 0.15) is 0 Å². The van der Waals surface area contributed by atoms with E-state index < -0.39 is 0 Å². The fourth-order valence-corrected chi connectivity index (χ4v) is 0.930. The van der Waals surface area contributed by atoms with E-state index in [0.717, 1.165) is 36.3 Å². The molecule has 0 aromatic heterocycles. The summed E-state index contributed by atoms with van der Waals surface area (Å²) in [5.74, 6) is 0. The van der Waals surface area contributed by atoms with Crippen molar-refractivity contribution in [3.8, 4) is 0 Å². The Morgan fingerprint density at radius 3 is 2.70 bits per heavy atom. The normalized spacial score (nSPS) is 23.4. The van der Waals surface area contributed by atoms with Crippen LogP contribution in [0.2, 0.25) is 0 Å². The van der Waals surface area contributed by atoms with Crippen LogP contribution < -0.4 is 0 Å². The van der Waals surface area contributed by atoms with Gasteiger partial charge in [-0.2, -0.15) is 0 Å². The lowest BCUT2D eigenvalue weighted by atomic mass is 10.5. The van der Waals surface area contributed by atoms with Crippen molar-refractivity contribution in [3.63, 3.8) is 0 Å². The SMILES string of the molecule is [SiH3]COCCOCC1CO1. The first kappa shape index (κ1) is 8.20. The fraction of sp³-hybridized carbons (Fsp3) is 1.00. The van der Waals surface area contributed by atoms with Crippen LogP contribution in [0.4, 0.5) is 0 Å². The molecule has 3 nitrogen and oxygen atoms in total. The molecular weight excluding hydrogens is 148 g/mol. The quantitative estimate of drug-likeness (QED) is 0.277. The summed E-state index contributed by atoms with van der Waals surface area (Å²) >= 11 is 0. The van der Waals surface area contributed by atoms with E-state index in [-0.39, 0.29) is 0 Å². The maximum absolute atomic E-state index is 5.23. The highest BCUT2D eigenvalue weighted by atomic mass is 28.1. The first-order valence-corrected chi connectivity index (χ1v) is 5.12. The average Bonchev–Trinajstić information content (AvgIpc) is 2.71. The van der Waals surface area contributed by atoms with Crippen molar-refractivity contribution in [1.82, 2.24) is 0 Å². The monoisotopic (exact) mass is 162 g/mol. The first-order chi connectivity index (χ1) is 4.93. The lowest BCUT2D eigenvalue weighted by Crippen LogP contribution is -2.08. The first-order valence-electron chi connectivity index (χ1n) is 3.70. The average molecular weight is 162 g/mol. The number of ether oxygens (including phenoxy) is 3. The second-order valence-corrected chi connectivity index (χ2v) is 2.80. The van der Waals surface area contributed by atoms with Crippen LogP contribution in [0, 0.1) is 0 Å². The molecule has 0 N–H and O–H groups in total. The summed E-state index contributed by atoms with van der Waals surface area (Å²) < 4.78 is 15.3. The van der Waals surface area contributed by atoms with Gasteiger partial charge in [0, 0.05) is 16.5 Å². The molecule has 60 valence electrons. The van der Waals surface area contributed by atoms with E-state index in [2.05, 4.69) is 0 Å². The van der Waals surface area contributed by atoms with Gasteiger partial charge in [0.15, 0.2) is 0 Å². The van der Waals surface area contributed by atoms with Gasteiger partial charge in [0.2, 0.25) is 0 Å². The molecule has 1 fully saturated rings. The van der Waals surface area contributed by atoms with E-state index in [9.17, 15) is 0 Å². The molecule has 0 bridgehead atoms. The van der Waals surface area contributed by atoms with Crippen LogP contribution in [0.3, 0.4) is 0 Å². The third-order valence-electron chi connectivity index (χ3n) is 1.28. The zero-order chi connectivity index (χ0) is 7.23. The van der Waals surface area contributed by atoms with Crippen molar-refractivity contribution in [1.29, 1.82) is 0 Å². The zero-order valence-electron chi connectivity index (χ0n) is 6.34. The molecule has 0 aliphatic carbocycles. The smallest absolute Gasteiger partial charge is 0.104 e. The number of rotatable bonds is 6. The van der Waals surface area contributed by atoms with Crippen molar-refractivity contribution in [2.24, 2.45) is 0 Å². The topological polar surface area (TPSA) is 31.0 Å².